The Labute approximate surface area is 848 Å². The molecule has 17 amide bonds. The summed E-state index contributed by atoms with van der Waals surface area (Å²) >= 11 is 4.04. The molecule has 47 heteroatoms. The summed E-state index contributed by atoms with van der Waals surface area (Å²) in [6.45, 7) is 12.6. The number of nitrogens with one attached hydrogen (secondary N) is 17. The van der Waals surface area contributed by atoms with Crippen LogP contribution in [0.25, 0.3) is 10.9 Å². The van der Waals surface area contributed by atoms with E-state index in [1.807, 2.05) is 0 Å². The van der Waals surface area contributed by atoms with Crippen LogP contribution < -0.4 is 103 Å². The number of hydrogen-bond donors (Lipinski definition) is 26. The Morgan fingerprint density at radius 2 is 0.788 bits per heavy atom. The number of carbonyl (C=O) groups excluding carboxylic acids is 17. The van der Waals surface area contributed by atoms with Gasteiger partial charge in [-0.05, 0) is 108 Å². The number of phenols is 1. The van der Waals surface area contributed by atoms with E-state index in [4.69, 9.17) is 28.3 Å². The number of guanidine groups is 1. The van der Waals surface area contributed by atoms with E-state index in [0.717, 1.165) is 4.90 Å². The highest BCUT2D eigenvalue weighted by Crippen LogP contribution is 2.25. The Balaban J connectivity index is 1.10. The lowest BCUT2D eigenvalue weighted by Crippen LogP contribution is -2.63. The largest absolute Gasteiger partial charge is 0.508 e. The number of amides is 17. The van der Waals surface area contributed by atoms with Crippen molar-refractivity contribution in [1.29, 1.82) is 5.41 Å². The van der Waals surface area contributed by atoms with E-state index in [-0.39, 0.29) is 88.8 Å². The third kappa shape index (κ3) is 37.9. The monoisotopic (exact) mass is 2050 g/mol. The van der Waals surface area contributed by atoms with Crippen LogP contribution >= 0.6 is 12.6 Å². The number of benzene rings is 5. The quantitative estimate of drug-likeness (QED) is 0.00840. The Morgan fingerprint density at radius 1 is 0.411 bits per heavy atom. The Kier molecular flexibility index (Phi) is 46.3. The summed E-state index contributed by atoms with van der Waals surface area (Å²) in [4.78, 5) is 286. The number of carboxylic acid groups (broad SMARTS) is 3. The van der Waals surface area contributed by atoms with Crippen LogP contribution in [0.2, 0.25) is 0 Å². The maximum absolute atomic E-state index is 15.3. The van der Waals surface area contributed by atoms with Gasteiger partial charge >= 0.3 is 17.9 Å². The van der Waals surface area contributed by atoms with Gasteiger partial charge in [-0.15, -0.1) is 0 Å². The molecule has 1 aromatic heterocycles. The number of para-hydroxylation sites is 1. The number of nitrogens with zero attached hydrogens (tertiary/aromatic N) is 1. The molecule has 0 bridgehead atoms. The zero-order chi connectivity index (χ0) is 108. The molecule has 790 valence electrons. The molecule has 146 heavy (non-hydrogen) atoms. The number of rotatable bonds is 59. The summed E-state index contributed by atoms with van der Waals surface area (Å²) in [5, 5.41) is 86.4. The molecule has 46 nitrogen and oxygen atoms in total. The molecule has 0 radical (unpaired) electrons. The van der Waals surface area contributed by atoms with Crippen LogP contribution in [-0.2, 0) is 128 Å². The number of aromatic hydroxyl groups is 1. The topological polar surface area (TPSA) is 750 Å². The van der Waals surface area contributed by atoms with E-state index < -0.39 is 277 Å². The average molecular weight is 2050 g/mol. The molecule has 1 fully saturated rings. The van der Waals surface area contributed by atoms with Gasteiger partial charge in [0.25, 0.3) is 0 Å². The van der Waals surface area contributed by atoms with E-state index in [1.54, 1.807) is 177 Å². The first-order chi connectivity index (χ1) is 69.1. The van der Waals surface area contributed by atoms with Gasteiger partial charge in [-0.2, -0.15) is 12.6 Å². The van der Waals surface area contributed by atoms with Crippen LogP contribution in [0.5, 0.6) is 5.75 Å². The normalized spacial score (nSPS) is 15.4. The molecule has 0 unspecified atom stereocenters. The number of aromatic nitrogens is 1. The molecule has 0 saturated carbocycles. The fourth-order valence-corrected chi connectivity index (χ4v) is 16.4. The molecule has 6 aromatic rings. The summed E-state index contributed by atoms with van der Waals surface area (Å²) in [7, 11) is 0. The maximum Gasteiger partial charge on any atom is 0.327 e. The van der Waals surface area contributed by atoms with Gasteiger partial charge in [-0.25, -0.2) is 4.79 Å². The van der Waals surface area contributed by atoms with Crippen molar-refractivity contribution in [2.45, 2.75) is 248 Å². The number of thiol groups is 1. The van der Waals surface area contributed by atoms with Gasteiger partial charge in [-0.3, -0.25) is 96.5 Å². The summed E-state index contributed by atoms with van der Waals surface area (Å²) in [6, 6.07) is 11.6. The molecule has 1 aliphatic rings. The molecule has 29 N–H and O–H groups in total. The van der Waals surface area contributed by atoms with Crippen molar-refractivity contribution in [1.82, 2.24) is 89.6 Å². The number of primary amides is 2. The number of aromatic amines is 1. The van der Waals surface area contributed by atoms with Crippen LogP contribution in [0.4, 0.5) is 0 Å². The summed E-state index contributed by atoms with van der Waals surface area (Å²) in [5.41, 5.74) is 25.5. The molecule has 0 spiro atoms. The first-order valence-electron chi connectivity index (χ1n) is 47.8. The van der Waals surface area contributed by atoms with Gasteiger partial charge in [0.1, 0.15) is 96.4 Å². The molecule has 5 aromatic carbocycles. The first-order valence-corrected chi connectivity index (χ1v) is 48.4. The predicted molar refractivity (Wildman–Crippen MR) is 535 cm³/mol. The third-order valence-corrected chi connectivity index (χ3v) is 24.3. The van der Waals surface area contributed by atoms with Crippen molar-refractivity contribution < 1.29 is 116 Å². The molecule has 2 heterocycles. The average Bonchev–Trinajstić information content (AvgIpc) is 1.64. The minimum atomic E-state index is -2.12. The standard InChI is InChI=1S/C99H134N22O24S/c1-51(2)40-66(109-91(137)72(48-79(127)128)113-90(136)71(47-77(102)124)114-93(139)75-31-21-39-121(75)97(143)73(44-58-32-34-60(122)35-33-58)116-88(134)67(41-55-22-12-9-13-23-55)110-84(130)64(30-20-38-105-99(103)104)107-83(129)62(100)46-78(125)126)86(132)112-70(45-59-49-106-63-29-19-18-28-61(59)63)92(138)118-81(53(5)6)95(141)120-82(54(7)8)96(142)119-80(52(3)4)94(140)115-69(43-57-26-16-11-17-27-57)87(133)108-65(36-37-76(101)123)85(131)111-68(42-56-24-14-10-15-25-56)89(135)117-74(50-146)98(144)145/h9-19,22-29,32-35,49,51-54,62,64-75,80-82,106,122,146H,20-21,30-31,36-48,50,100H2,1-8H3,(H2,101,123)(H2,102,124)(H,107,129)(H,108,133)(H,109,137)(H,110,130)(H,111,131)(H,112,132)(H,113,136)(H,114,139)(H,115,140)(H,116,134)(H,117,135)(H,118,138)(H,119,142)(H,120,141)(H,125,126)(H,127,128)(H,144,145)(H4,103,104,105)/t62-,64-,65-,66-,67-,68-,69-,70-,71-,72-,73-,74-,75-,80-,81-,82-/m0/s1. The molecule has 1 saturated heterocycles. The lowest BCUT2D eigenvalue weighted by atomic mass is 9.97. The predicted octanol–water partition coefficient (Wildman–Crippen LogP) is -2.13. The molecular weight excluding hydrogens is 1910 g/mol. The van der Waals surface area contributed by atoms with Crippen molar-refractivity contribution in [3.8, 4) is 5.75 Å². The maximum atomic E-state index is 15.3. The highest BCUT2D eigenvalue weighted by Gasteiger charge is 2.44. The van der Waals surface area contributed by atoms with Gasteiger partial charge in [0, 0.05) is 74.5 Å². The van der Waals surface area contributed by atoms with Gasteiger partial charge in [0.2, 0.25) is 100 Å². The van der Waals surface area contributed by atoms with Gasteiger partial charge in [-0.1, -0.05) is 177 Å². The molecule has 1 aliphatic heterocycles. The number of H-pyrrole nitrogens is 1. The minimum Gasteiger partial charge on any atom is -0.508 e. The van der Waals surface area contributed by atoms with E-state index >= 15 is 14.4 Å². The minimum absolute atomic E-state index is 0.0329. The van der Waals surface area contributed by atoms with Crippen LogP contribution in [-0.4, -0.2) is 270 Å². The van der Waals surface area contributed by atoms with Crippen molar-refractivity contribution in [2.24, 2.45) is 46.6 Å². The number of aliphatic carboxylic acids is 3. The third-order valence-electron chi connectivity index (χ3n) is 23.9. The second-order valence-electron chi connectivity index (χ2n) is 37.2. The van der Waals surface area contributed by atoms with E-state index in [0.29, 0.717) is 38.7 Å². The molecule has 16 atom stereocenters. The lowest BCUT2D eigenvalue weighted by molar-refractivity contribution is -0.143. The van der Waals surface area contributed by atoms with Gasteiger partial charge in [0.15, 0.2) is 5.96 Å². The zero-order valence-electron chi connectivity index (χ0n) is 82.3. The summed E-state index contributed by atoms with van der Waals surface area (Å²) in [6.07, 6.45) is -3.92. The van der Waals surface area contributed by atoms with Crippen molar-refractivity contribution >= 4 is 148 Å². The van der Waals surface area contributed by atoms with Crippen molar-refractivity contribution in [3.63, 3.8) is 0 Å². The Bertz CT molecular complexity index is 5580. The van der Waals surface area contributed by atoms with Crippen molar-refractivity contribution in [2.75, 3.05) is 18.8 Å². The van der Waals surface area contributed by atoms with Crippen molar-refractivity contribution in [3.05, 3.63) is 174 Å². The van der Waals surface area contributed by atoms with Gasteiger partial charge < -0.3 is 133 Å². The number of nitrogens with two attached hydrogens (primary N) is 4. The number of likely N-dealkylation sites (tertiary alicyclic amines) is 1. The molecular formula is C99H134N22O24S. The van der Waals surface area contributed by atoms with Crippen LogP contribution in [0.15, 0.2) is 146 Å². The number of carbonyl (C=O) groups is 20. The van der Waals surface area contributed by atoms with Gasteiger partial charge in [0.05, 0.1) is 25.3 Å². The smallest absolute Gasteiger partial charge is 0.327 e. The Morgan fingerprint density at radius 3 is 1.25 bits per heavy atom. The lowest BCUT2D eigenvalue weighted by Gasteiger charge is -2.31. The fraction of sp³-hybridized carbons (Fsp3) is 0.465. The number of hydrogen-bond acceptors (Lipinski definition) is 24. The van der Waals surface area contributed by atoms with Crippen LogP contribution in [0.1, 0.15) is 147 Å². The molecule has 7 rings (SSSR count). The first kappa shape index (κ1) is 117. The second kappa shape index (κ2) is 57.6. The highest BCUT2D eigenvalue weighted by molar-refractivity contribution is 7.80. The van der Waals surface area contributed by atoms with E-state index in [2.05, 4.69) is 97.4 Å². The van der Waals surface area contributed by atoms with E-state index in [9.17, 15) is 102 Å². The molecule has 0 aliphatic carbocycles. The van der Waals surface area contributed by atoms with Crippen LogP contribution in [0.3, 0.4) is 0 Å². The highest BCUT2D eigenvalue weighted by atomic mass is 32.1. The SMILES string of the molecule is CC(C)C[C@H](NC(=O)[C@H](CC(=O)O)NC(=O)[C@H](CC(N)=O)NC(=O)[C@@H]1CCCN1C(=O)[C@H](Cc1ccc(O)cc1)NC(=O)[C@H](Cc1ccccc1)NC(=O)[C@H](CCCNC(=N)N)NC(=O)[C@@H](N)CC(=O)O)C(=O)N[C@@H](Cc1c[nH]c2ccccc12)C(=O)N[C@H](C(=O)N[C@H](C(=O)N[C@H](C(=O)N[C@@H](Cc1ccccc1)C(=O)N[C@@H](CCC(N)=O)C(=O)N[C@@H](Cc1ccccc1)C(=O)N[C@@H](CS)C(=O)O)C(C)C)C(C)C)C(C)C. The number of fused-ring (bicyclic) bond motifs is 1. The van der Waals surface area contributed by atoms with E-state index in [1.165, 1.54) is 24.3 Å². The number of carboxylic acids is 3. The summed E-state index contributed by atoms with van der Waals surface area (Å²) in [5.74, 6) is -25.6. The Hall–Kier alpha value is -15.6. The van der Waals surface area contributed by atoms with Crippen LogP contribution in [0, 0.1) is 29.1 Å². The number of phenolic OH excluding ortho intramolecular Hbond substituents is 1. The fourth-order valence-electron chi connectivity index (χ4n) is 16.1. The second-order valence-corrected chi connectivity index (χ2v) is 37.5. The summed E-state index contributed by atoms with van der Waals surface area (Å²) < 4.78 is 0. The zero-order valence-corrected chi connectivity index (χ0v) is 83.2.